The van der Waals surface area contributed by atoms with Gasteiger partial charge in [0.25, 0.3) is 5.91 Å². The highest BCUT2D eigenvalue weighted by molar-refractivity contribution is 6.03. The molecule has 0 atom stereocenters. The van der Waals surface area contributed by atoms with Crippen LogP contribution in [0.2, 0.25) is 0 Å². The van der Waals surface area contributed by atoms with Crippen molar-refractivity contribution in [2.75, 3.05) is 41.3 Å². The highest BCUT2D eigenvalue weighted by Crippen LogP contribution is 2.18. The molecule has 4 rings (SSSR count). The smallest absolute Gasteiger partial charge is 0.274 e. The van der Waals surface area contributed by atoms with Crippen LogP contribution < -0.4 is 15.1 Å². The van der Waals surface area contributed by atoms with Crippen molar-refractivity contribution in [2.45, 2.75) is 13.3 Å². The zero-order valence-corrected chi connectivity index (χ0v) is 16.3. The molecule has 8 heteroatoms. The highest BCUT2D eigenvalue weighted by atomic mass is 16.1. The van der Waals surface area contributed by atoms with Gasteiger partial charge in [-0.3, -0.25) is 4.79 Å². The van der Waals surface area contributed by atoms with Crippen LogP contribution in [0.5, 0.6) is 0 Å². The quantitative estimate of drug-likeness (QED) is 0.717. The largest absolute Gasteiger partial charge is 0.337 e. The van der Waals surface area contributed by atoms with Crippen LogP contribution in [0.25, 0.3) is 0 Å². The van der Waals surface area contributed by atoms with Gasteiger partial charge in [-0.1, -0.05) is 25.1 Å². The second-order valence-electron chi connectivity index (χ2n) is 6.73. The summed E-state index contributed by atoms with van der Waals surface area (Å²) in [5, 5.41) is 2.96. The molecule has 1 aliphatic heterocycles. The molecule has 0 saturated carbocycles. The maximum Gasteiger partial charge on any atom is 0.274 e. The first-order valence-corrected chi connectivity index (χ1v) is 9.74. The lowest BCUT2D eigenvalue weighted by Crippen LogP contribution is -2.47. The Morgan fingerprint density at radius 3 is 2.28 bits per heavy atom. The van der Waals surface area contributed by atoms with Gasteiger partial charge in [0.15, 0.2) is 0 Å². The summed E-state index contributed by atoms with van der Waals surface area (Å²) in [6, 6.07) is 11.2. The van der Waals surface area contributed by atoms with Crippen LogP contribution in [0.1, 0.15) is 23.0 Å². The average Bonchev–Trinajstić information content (AvgIpc) is 2.80. The molecule has 148 valence electrons. The molecule has 1 saturated heterocycles. The monoisotopic (exact) mass is 389 g/mol. The Bertz CT molecular complexity index is 972. The third kappa shape index (κ3) is 4.31. The second kappa shape index (κ2) is 8.64. The van der Waals surface area contributed by atoms with E-state index in [9.17, 15) is 4.79 Å². The number of aromatic nitrogens is 4. The van der Waals surface area contributed by atoms with Gasteiger partial charge in [0, 0.05) is 50.5 Å². The lowest BCUT2D eigenvalue weighted by atomic mass is 10.1. The number of amides is 1. The summed E-state index contributed by atoms with van der Waals surface area (Å²) >= 11 is 0. The van der Waals surface area contributed by atoms with E-state index in [0.29, 0.717) is 11.6 Å². The van der Waals surface area contributed by atoms with Crippen LogP contribution >= 0.6 is 0 Å². The molecule has 3 aromatic rings. The number of hydrogen-bond donors (Lipinski definition) is 1. The first kappa shape index (κ1) is 18.8. The van der Waals surface area contributed by atoms with E-state index in [1.807, 2.05) is 30.3 Å². The van der Waals surface area contributed by atoms with E-state index in [1.54, 1.807) is 24.7 Å². The van der Waals surface area contributed by atoms with E-state index in [4.69, 9.17) is 0 Å². The van der Waals surface area contributed by atoms with E-state index in [1.165, 1.54) is 0 Å². The minimum atomic E-state index is -0.231. The molecule has 29 heavy (non-hydrogen) atoms. The van der Waals surface area contributed by atoms with Gasteiger partial charge in [0.05, 0.1) is 0 Å². The molecule has 0 unspecified atom stereocenters. The van der Waals surface area contributed by atoms with Gasteiger partial charge in [-0.25, -0.2) is 19.9 Å². The summed E-state index contributed by atoms with van der Waals surface area (Å²) in [4.78, 5) is 34.4. The predicted octanol–water partition coefficient (Wildman–Crippen LogP) is 2.41. The fourth-order valence-electron chi connectivity index (χ4n) is 3.33. The van der Waals surface area contributed by atoms with E-state index in [0.717, 1.165) is 49.8 Å². The van der Waals surface area contributed by atoms with Gasteiger partial charge in [-0.2, -0.15) is 0 Å². The van der Waals surface area contributed by atoms with Gasteiger partial charge in [-0.15, -0.1) is 0 Å². The molecular formula is C21H23N7O. The Labute approximate surface area is 169 Å². The molecule has 1 aromatic carbocycles. The standard InChI is InChI=1S/C21H23N7O/c1-2-16-6-3-4-7-17(16)25-19(29)18-8-11-24-21(26-18)28-14-12-27(13-15-28)20-22-9-5-10-23-20/h3-11H,2,12-15H2,1H3,(H,25,29). The van der Waals surface area contributed by atoms with Gasteiger partial charge >= 0.3 is 0 Å². The number of aryl methyl sites for hydroxylation is 1. The van der Waals surface area contributed by atoms with Crippen LogP contribution in [-0.2, 0) is 6.42 Å². The third-order valence-electron chi connectivity index (χ3n) is 4.92. The molecular weight excluding hydrogens is 366 g/mol. The molecule has 0 spiro atoms. The van der Waals surface area contributed by atoms with Gasteiger partial charge in [0.2, 0.25) is 11.9 Å². The summed E-state index contributed by atoms with van der Waals surface area (Å²) < 4.78 is 0. The molecule has 0 bridgehead atoms. The minimum absolute atomic E-state index is 0.231. The highest BCUT2D eigenvalue weighted by Gasteiger charge is 2.21. The van der Waals surface area contributed by atoms with Crippen LogP contribution in [-0.4, -0.2) is 52.0 Å². The Hall–Kier alpha value is -3.55. The van der Waals surface area contributed by atoms with Crippen molar-refractivity contribution < 1.29 is 4.79 Å². The van der Waals surface area contributed by atoms with Crippen LogP contribution in [0.15, 0.2) is 55.0 Å². The number of carbonyl (C=O) groups excluding carboxylic acids is 1. The average molecular weight is 389 g/mol. The molecule has 1 fully saturated rings. The Morgan fingerprint density at radius 2 is 1.55 bits per heavy atom. The van der Waals surface area contributed by atoms with Crippen molar-refractivity contribution in [1.82, 2.24) is 19.9 Å². The maximum atomic E-state index is 12.7. The molecule has 3 heterocycles. The minimum Gasteiger partial charge on any atom is -0.337 e. The molecule has 1 aliphatic rings. The molecule has 1 N–H and O–H groups in total. The SMILES string of the molecule is CCc1ccccc1NC(=O)c1ccnc(N2CCN(c3ncccn3)CC2)n1. The summed E-state index contributed by atoms with van der Waals surface area (Å²) in [6.07, 6.45) is 5.98. The number of piperazine rings is 1. The number of para-hydroxylation sites is 1. The van der Waals surface area contributed by atoms with E-state index < -0.39 is 0 Å². The van der Waals surface area contributed by atoms with Gasteiger partial charge in [0.1, 0.15) is 5.69 Å². The van der Waals surface area contributed by atoms with Gasteiger partial charge in [-0.05, 0) is 30.2 Å². The summed E-state index contributed by atoms with van der Waals surface area (Å²) in [7, 11) is 0. The number of hydrogen-bond acceptors (Lipinski definition) is 7. The zero-order valence-electron chi connectivity index (χ0n) is 16.3. The van der Waals surface area contributed by atoms with Crippen LogP contribution in [0, 0.1) is 0 Å². The summed E-state index contributed by atoms with van der Waals surface area (Å²) in [6.45, 7) is 5.08. The number of carbonyl (C=O) groups is 1. The van der Waals surface area contributed by atoms with Crippen molar-refractivity contribution >= 4 is 23.5 Å². The maximum absolute atomic E-state index is 12.7. The predicted molar refractivity (Wildman–Crippen MR) is 112 cm³/mol. The third-order valence-corrected chi connectivity index (χ3v) is 4.92. The number of nitrogens with zero attached hydrogens (tertiary/aromatic N) is 6. The number of anilines is 3. The van der Waals surface area contributed by atoms with E-state index in [-0.39, 0.29) is 5.91 Å². The van der Waals surface area contributed by atoms with Crippen molar-refractivity contribution in [2.24, 2.45) is 0 Å². The van der Waals surface area contributed by atoms with Crippen molar-refractivity contribution in [3.8, 4) is 0 Å². The Balaban J connectivity index is 1.43. The first-order valence-electron chi connectivity index (χ1n) is 9.74. The van der Waals surface area contributed by atoms with E-state index >= 15 is 0 Å². The fraction of sp³-hybridized carbons (Fsp3) is 0.286. The molecule has 2 aromatic heterocycles. The Kier molecular flexibility index (Phi) is 5.60. The Morgan fingerprint density at radius 1 is 0.897 bits per heavy atom. The van der Waals surface area contributed by atoms with Crippen molar-refractivity contribution in [1.29, 1.82) is 0 Å². The summed E-state index contributed by atoms with van der Waals surface area (Å²) in [5.74, 6) is 1.07. The van der Waals surface area contributed by atoms with Crippen LogP contribution in [0.4, 0.5) is 17.6 Å². The lowest BCUT2D eigenvalue weighted by Gasteiger charge is -2.34. The topological polar surface area (TPSA) is 87.1 Å². The first-order chi connectivity index (χ1) is 14.2. The number of rotatable bonds is 5. The van der Waals surface area contributed by atoms with Gasteiger partial charge < -0.3 is 15.1 Å². The molecule has 8 nitrogen and oxygen atoms in total. The molecule has 0 aliphatic carbocycles. The van der Waals surface area contributed by atoms with Crippen molar-refractivity contribution in [3.05, 3.63) is 66.2 Å². The molecule has 1 amide bonds. The van der Waals surface area contributed by atoms with Crippen LogP contribution in [0.3, 0.4) is 0 Å². The second-order valence-corrected chi connectivity index (χ2v) is 6.73. The fourth-order valence-corrected chi connectivity index (χ4v) is 3.33. The molecule has 0 radical (unpaired) electrons. The zero-order chi connectivity index (χ0) is 20.1. The normalized spacial score (nSPS) is 14.0. The van der Waals surface area contributed by atoms with Crippen molar-refractivity contribution in [3.63, 3.8) is 0 Å². The summed E-state index contributed by atoms with van der Waals surface area (Å²) in [5.41, 5.74) is 2.26. The number of nitrogens with one attached hydrogen (secondary N) is 1. The number of benzene rings is 1. The van der Waals surface area contributed by atoms with E-state index in [2.05, 4.69) is 42.0 Å². The lowest BCUT2D eigenvalue weighted by molar-refractivity contribution is 0.102.